The van der Waals surface area contributed by atoms with Gasteiger partial charge in [-0.05, 0) is 63.6 Å². The van der Waals surface area contributed by atoms with Gasteiger partial charge in [0, 0.05) is 19.1 Å². The van der Waals surface area contributed by atoms with E-state index in [0.717, 1.165) is 44.5 Å². The van der Waals surface area contributed by atoms with Crippen molar-refractivity contribution in [3.8, 4) is 0 Å². The SMILES string of the molecule is CCN(C)C1(c2ccccc2)CCC2(CC1)CN(c1cnc(C=NC)nc1)C(=O)N2CC1CCC1. The second-order valence-electron chi connectivity index (χ2n) is 10.6. The molecule has 0 atom stereocenters. The lowest BCUT2D eigenvalue weighted by atomic mass is 9.68. The predicted molar refractivity (Wildman–Crippen MR) is 140 cm³/mol. The molecule has 1 aromatic heterocycles. The van der Waals surface area contributed by atoms with Crippen molar-refractivity contribution in [2.75, 3.05) is 38.6 Å². The van der Waals surface area contributed by atoms with Gasteiger partial charge in [0.1, 0.15) is 0 Å². The molecule has 7 nitrogen and oxygen atoms in total. The minimum absolute atomic E-state index is 0.0180. The van der Waals surface area contributed by atoms with Crippen LogP contribution in [0.15, 0.2) is 47.7 Å². The minimum Gasteiger partial charge on any atom is -0.317 e. The molecule has 1 saturated heterocycles. The van der Waals surface area contributed by atoms with Gasteiger partial charge in [-0.25, -0.2) is 14.8 Å². The van der Waals surface area contributed by atoms with Crippen LogP contribution in [0.3, 0.4) is 0 Å². The van der Waals surface area contributed by atoms with E-state index < -0.39 is 0 Å². The van der Waals surface area contributed by atoms with Crippen LogP contribution in [0, 0.1) is 5.92 Å². The Kier molecular flexibility index (Phi) is 6.62. The summed E-state index contributed by atoms with van der Waals surface area (Å²) < 4.78 is 0. The molecule has 0 bridgehead atoms. The smallest absolute Gasteiger partial charge is 0.317 e. The van der Waals surface area contributed by atoms with E-state index in [1.54, 1.807) is 25.7 Å². The van der Waals surface area contributed by atoms with Crippen LogP contribution < -0.4 is 4.90 Å². The van der Waals surface area contributed by atoms with Crippen molar-refractivity contribution in [1.29, 1.82) is 0 Å². The number of benzene rings is 1. The van der Waals surface area contributed by atoms with Crippen molar-refractivity contribution < 1.29 is 4.79 Å². The first-order valence-electron chi connectivity index (χ1n) is 13.1. The Morgan fingerprint density at radius 1 is 1.11 bits per heavy atom. The molecule has 0 N–H and O–H groups in total. The summed E-state index contributed by atoms with van der Waals surface area (Å²) in [6.07, 6.45) is 13.0. The number of urea groups is 1. The highest BCUT2D eigenvalue weighted by atomic mass is 16.2. The molecule has 0 unspecified atom stereocenters. The van der Waals surface area contributed by atoms with Gasteiger partial charge in [-0.2, -0.15) is 0 Å². The highest BCUT2D eigenvalue weighted by Crippen LogP contribution is 2.50. The Hall–Kier alpha value is -2.80. The zero-order valence-electron chi connectivity index (χ0n) is 21.4. The molecule has 2 heterocycles. The summed E-state index contributed by atoms with van der Waals surface area (Å²) >= 11 is 0. The normalized spacial score (nSPS) is 27.4. The molecule has 7 heteroatoms. The Labute approximate surface area is 209 Å². The van der Waals surface area contributed by atoms with Gasteiger partial charge in [-0.1, -0.05) is 43.7 Å². The summed E-state index contributed by atoms with van der Waals surface area (Å²) in [4.78, 5) is 33.3. The number of hydrogen-bond donors (Lipinski definition) is 0. The Bertz CT molecular complexity index is 1040. The summed E-state index contributed by atoms with van der Waals surface area (Å²) in [5.74, 6) is 1.20. The average Bonchev–Trinajstić information content (AvgIpc) is 3.13. The van der Waals surface area contributed by atoms with Crippen LogP contribution in [0.1, 0.15) is 63.3 Å². The maximum absolute atomic E-state index is 13.8. The number of amides is 2. The fourth-order valence-corrected chi connectivity index (χ4v) is 6.35. The second-order valence-corrected chi connectivity index (χ2v) is 10.6. The van der Waals surface area contributed by atoms with Gasteiger partial charge in [-0.3, -0.25) is 14.8 Å². The molecule has 5 rings (SSSR count). The maximum atomic E-state index is 13.8. The summed E-state index contributed by atoms with van der Waals surface area (Å²) in [6, 6.07) is 11.1. The fourth-order valence-electron chi connectivity index (χ4n) is 6.35. The van der Waals surface area contributed by atoms with Crippen LogP contribution in [-0.2, 0) is 5.54 Å². The molecule has 35 heavy (non-hydrogen) atoms. The maximum Gasteiger partial charge on any atom is 0.325 e. The number of aromatic nitrogens is 2. The van der Waals surface area contributed by atoms with Crippen molar-refractivity contribution in [1.82, 2.24) is 19.8 Å². The number of nitrogens with zero attached hydrogens (tertiary/aromatic N) is 6. The molecule has 2 amide bonds. The molecule has 2 saturated carbocycles. The van der Waals surface area contributed by atoms with E-state index in [-0.39, 0.29) is 17.1 Å². The molecule has 2 aromatic rings. The third-order valence-corrected chi connectivity index (χ3v) is 8.89. The van der Waals surface area contributed by atoms with Gasteiger partial charge >= 0.3 is 6.03 Å². The summed E-state index contributed by atoms with van der Waals surface area (Å²) in [5, 5.41) is 0. The van der Waals surface area contributed by atoms with E-state index in [0.29, 0.717) is 18.3 Å². The van der Waals surface area contributed by atoms with Gasteiger partial charge in [0.05, 0.1) is 36.4 Å². The number of hydrogen-bond acceptors (Lipinski definition) is 5. The molecular formula is C28H38N6O. The van der Waals surface area contributed by atoms with Crippen LogP contribution in [-0.4, -0.2) is 71.3 Å². The standard InChI is InChI=1S/C28H38N6O/c1-4-32(3)28(23-11-6-5-7-12-23)15-13-27(14-16-28)21-33(24-17-30-25(19-29-2)31-18-24)26(35)34(27)20-22-9-8-10-22/h5-7,11-12,17-19,22H,4,8-10,13-16,20-21H2,1-3H3. The monoisotopic (exact) mass is 474 g/mol. The lowest BCUT2D eigenvalue weighted by molar-refractivity contribution is 0.00833. The molecule has 3 fully saturated rings. The van der Waals surface area contributed by atoms with Gasteiger partial charge in [-0.15, -0.1) is 0 Å². The molecule has 1 spiro atoms. The van der Waals surface area contributed by atoms with Gasteiger partial charge in [0.2, 0.25) is 0 Å². The zero-order valence-corrected chi connectivity index (χ0v) is 21.4. The zero-order chi connectivity index (χ0) is 24.5. The topological polar surface area (TPSA) is 64.9 Å². The third-order valence-electron chi connectivity index (χ3n) is 8.89. The van der Waals surface area contributed by atoms with Gasteiger partial charge < -0.3 is 4.90 Å². The van der Waals surface area contributed by atoms with Gasteiger partial charge in [0.15, 0.2) is 5.82 Å². The van der Waals surface area contributed by atoms with Crippen LogP contribution in [0.25, 0.3) is 0 Å². The quantitative estimate of drug-likeness (QED) is 0.545. The molecule has 0 radical (unpaired) electrons. The van der Waals surface area contributed by atoms with Crippen LogP contribution in [0.2, 0.25) is 0 Å². The first kappa shape index (κ1) is 23.9. The minimum atomic E-state index is -0.136. The summed E-state index contributed by atoms with van der Waals surface area (Å²) in [6.45, 7) is 4.83. The summed E-state index contributed by atoms with van der Waals surface area (Å²) in [5.41, 5.74) is 2.06. The largest absolute Gasteiger partial charge is 0.325 e. The lowest BCUT2D eigenvalue weighted by Gasteiger charge is -2.52. The molecule has 3 aliphatic rings. The molecule has 2 aliphatic carbocycles. The number of carbonyl (C=O) groups excluding carboxylic acids is 1. The van der Waals surface area contributed by atoms with Crippen LogP contribution in [0.5, 0.6) is 0 Å². The number of anilines is 1. The van der Waals surface area contributed by atoms with Crippen LogP contribution in [0.4, 0.5) is 10.5 Å². The first-order chi connectivity index (χ1) is 17.0. The Morgan fingerprint density at radius 3 is 2.37 bits per heavy atom. The fraction of sp³-hybridized carbons (Fsp3) is 0.571. The lowest BCUT2D eigenvalue weighted by Crippen LogP contribution is -2.57. The highest BCUT2D eigenvalue weighted by Gasteiger charge is 2.55. The Balaban J connectivity index is 1.44. The molecule has 186 valence electrons. The first-order valence-corrected chi connectivity index (χ1v) is 13.1. The number of rotatable bonds is 7. The van der Waals surface area contributed by atoms with Crippen molar-refractivity contribution >= 4 is 17.9 Å². The average molecular weight is 475 g/mol. The number of carbonyl (C=O) groups is 1. The number of aliphatic imine (C=N–C) groups is 1. The Morgan fingerprint density at radius 2 is 1.80 bits per heavy atom. The van der Waals surface area contributed by atoms with E-state index in [1.165, 1.54) is 24.8 Å². The van der Waals surface area contributed by atoms with E-state index in [9.17, 15) is 4.79 Å². The van der Waals surface area contributed by atoms with E-state index in [2.05, 4.69) is 69.1 Å². The van der Waals surface area contributed by atoms with Crippen molar-refractivity contribution in [2.45, 2.75) is 62.9 Å². The van der Waals surface area contributed by atoms with Crippen LogP contribution >= 0.6 is 0 Å². The van der Waals surface area contributed by atoms with Crippen molar-refractivity contribution in [3.63, 3.8) is 0 Å². The van der Waals surface area contributed by atoms with E-state index in [1.807, 2.05) is 4.90 Å². The molecule has 1 aliphatic heterocycles. The van der Waals surface area contributed by atoms with Crippen molar-refractivity contribution in [2.24, 2.45) is 10.9 Å². The predicted octanol–water partition coefficient (Wildman–Crippen LogP) is 4.73. The highest BCUT2D eigenvalue weighted by molar-refractivity contribution is 5.95. The molecular weight excluding hydrogens is 436 g/mol. The summed E-state index contributed by atoms with van der Waals surface area (Å²) in [7, 11) is 3.96. The van der Waals surface area contributed by atoms with Crippen molar-refractivity contribution in [3.05, 3.63) is 54.1 Å². The van der Waals surface area contributed by atoms with Gasteiger partial charge in [0.25, 0.3) is 0 Å². The second kappa shape index (κ2) is 9.69. The third kappa shape index (κ3) is 4.24. The van der Waals surface area contributed by atoms with E-state index in [4.69, 9.17) is 0 Å². The van der Waals surface area contributed by atoms with E-state index >= 15 is 0 Å². The molecule has 1 aromatic carbocycles.